The molecule has 7 heteroatoms. The van der Waals surface area contributed by atoms with E-state index in [1.165, 1.54) is 12.1 Å². The summed E-state index contributed by atoms with van der Waals surface area (Å²) < 4.78 is 38.8. The van der Waals surface area contributed by atoms with Gasteiger partial charge in [-0.25, -0.2) is 17.5 Å². The Kier molecular flexibility index (Phi) is 6.45. The van der Waals surface area contributed by atoms with Gasteiger partial charge in [-0.3, -0.25) is 4.79 Å². The van der Waals surface area contributed by atoms with Gasteiger partial charge in [-0.15, -0.1) is 0 Å². The van der Waals surface area contributed by atoms with Crippen LogP contribution in [0.4, 0.5) is 4.39 Å². The van der Waals surface area contributed by atoms with Crippen LogP contribution in [0.5, 0.6) is 0 Å². The van der Waals surface area contributed by atoms with E-state index in [-0.39, 0.29) is 24.7 Å². The van der Waals surface area contributed by atoms with Gasteiger partial charge in [0.15, 0.2) is 0 Å². The molecule has 0 radical (unpaired) electrons. The van der Waals surface area contributed by atoms with Gasteiger partial charge in [0.1, 0.15) is 5.82 Å². The topological polar surface area (TPSA) is 75.3 Å². The second-order valence-corrected chi connectivity index (χ2v) is 7.21. The Labute approximate surface area is 141 Å². The minimum Gasteiger partial charge on any atom is -0.351 e. The molecule has 0 aliphatic rings. The summed E-state index contributed by atoms with van der Waals surface area (Å²) in [5, 5.41) is 2.58. The SMILES string of the molecule is O=C(CNS(=O)(=O)CCc1ccccc1)NCc1ccc(F)cc1. The van der Waals surface area contributed by atoms with E-state index in [0.717, 1.165) is 11.1 Å². The molecule has 2 N–H and O–H groups in total. The first-order valence-corrected chi connectivity index (χ1v) is 9.12. The first kappa shape index (κ1) is 18.1. The number of amides is 1. The van der Waals surface area contributed by atoms with Crippen molar-refractivity contribution >= 4 is 15.9 Å². The number of carbonyl (C=O) groups is 1. The molecule has 0 aromatic heterocycles. The monoisotopic (exact) mass is 350 g/mol. The van der Waals surface area contributed by atoms with Crippen molar-refractivity contribution in [3.05, 3.63) is 71.5 Å². The lowest BCUT2D eigenvalue weighted by atomic mass is 10.2. The fourth-order valence-corrected chi connectivity index (χ4v) is 3.01. The van der Waals surface area contributed by atoms with Crippen molar-refractivity contribution in [2.45, 2.75) is 13.0 Å². The highest BCUT2D eigenvalue weighted by Gasteiger charge is 2.12. The van der Waals surface area contributed by atoms with Crippen LogP contribution >= 0.6 is 0 Å². The van der Waals surface area contributed by atoms with Gasteiger partial charge < -0.3 is 5.32 Å². The molecule has 2 aromatic carbocycles. The predicted molar refractivity (Wildman–Crippen MR) is 90.2 cm³/mol. The Morgan fingerprint density at radius 1 is 0.958 bits per heavy atom. The van der Waals surface area contributed by atoms with Crippen LogP contribution in [0, 0.1) is 5.82 Å². The number of sulfonamides is 1. The normalized spacial score (nSPS) is 11.2. The number of rotatable bonds is 8. The molecule has 128 valence electrons. The van der Waals surface area contributed by atoms with E-state index in [2.05, 4.69) is 10.0 Å². The van der Waals surface area contributed by atoms with Crippen LogP contribution in [0.3, 0.4) is 0 Å². The maximum atomic E-state index is 12.8. The molecule has 5 nitrogen and oxygen atoms in total. The van der Waals surface area contributed by atoms with Crippen molar-refractivity contribution < 1.29 is 17.6 Å². The first-order valence-electron chi connectivity index (χ1n) is 7.47. The number of hydrogen-bond acceptors (Lipinski definition) is 3. The Balaban J connectivity index is 1.72. The van der Waals surface area contributed by atoms with Crippen molar-refractivity contribution in [1.29, 1.82) is 0 Å². The van der Waals surface area contributed by atoms with Crippen molar-refractivity contribution in [3.8, 4) is 0 Å². The van der Waals surface area contributed by atoms with Crippen molar-refractivity contribution in [3.63, 3.8) is 0 Å². The fourth-order valence-electron chi connectivity index (χ4n) is 2.01. The molecule has 0 aliphatic carbocycles. The molecule has 0 saturated heterocycles. The molecule has 0 fully saturated rings. The van der Waals surface area contributed by atoms with E-state index in [1.807, 2.05) is 30.3 Å². The van der Waals surface area contributed by atoms with Crippen molar-refractivity contribution in [2.24, 2.45) is 0 Å². The minimum absolute atomic E-state index is 0.0811. The number of hydrogen-bond donors (Lipinski definition) is 2. The lowest BCUT2D eigenvalue weighted by molar-refractivity contribution is -0.120. The van der Waals surface area contributed by atoms with Crippen LogP contribution in [-0.4, -0.2) is 26.6 Å². The zero-order valence-corrected chi connectivity index (χ0v) is 13.9. The third-order valence-corrected chi connectivity index (χ3v) is 4.68. The molecular weight excluding hydrogens is 331 g/mol. The molecule has 2 aromatic rings. The van der Waals surface area contributed by atoms with Crippen LogP contribution in [0.1, 0.15) is 11.1 Å². The lowest BCUT2D eigenvalue weighted by Crippen LogP contribution is -2.37. The maximum Gasteiger partial charge on any atom is 0.235 e. The van der Waals surface area contributed by atoms with Gasteiger partial charge in [0, 0.05) is 6.54 Å². The summed E-state index contributed by atoms with van der Waals surface area (Å²) in [6.45, 7) is -0.108. The fraction of sp³-hybridized carbons (Fsp3) is 0.235. The average molecular weight is 350 g/mol. The van der Waals surface area contributed by atoms with Crippen molar-refractivity contribution in [2.75, 3.05) is 12.3 Å². The van der Waals surface area contributed by atoms with Gasteiger partial charge in [0.05, 0.1) is 12.3 Å². The molecule has 24 heavy (non-hydrogen) atoms. The molecule has 0 bridgehead atoms. The largest absolute Gasteiger partial charge is 0.351 e. The molecule has 0 heterocycles. The van der Waals surface area contributed by atoms with Crippen LogP contribution < -0.4 is 10.0 Å². The lowest BCUT2D eigenvalue weighted by Gasteiger charge is -2.08. The molecule has 2 rings (SSSR count). The number of carbonyl (C=O) groups excluding carboxylic acids is 1. The summed E-state index contributed by atoms with van der Waals surface area (Å²) in [6.07, 6.45) is 0.382. The standard InChI is InChI=1S/C17H19FN2O3S/c18-16-8-6-15(7-9-16)12-19-17(21)13-20-24(22,23)11-10-14-4-2-1-3-5-14/h1-9,20H,10-13H2,(H,19,21). The van der Waals surface area contributed by atoms with Gasteiger partial charge in [0.25, 0.3) is 0 Å². The smallest absolute Gasteiger partial charge is 0.235 e. The van der Waals surface area contributed by atoms with E-state index in [1.54, 1.807) is 12.1 Å². The molecule has 1 amide bonds. The minimum atomic E-state index is -3.52. The average Bonchev–Trinajstić information content (AvgIpc) is 2.59. The zero-order chi connectivity index (χ0) is 17.4. The molecule has 0 atom stereocenters. The van der Waals surface area contributed by atoms with E-state index in [0.29, 0.717) is 6.42 Å². The summed E-state index contributed by atoms with van der Waals surface area (Å²) in [5.41, 5.74) is 1.65. The Hall–Kier alpha value is -2.25. The van der Waals surface area contributed by atoms with E-state index in [4.69, 9.17) is 0 Å². The predicted octanol–water partition coefficient (Wildman–Crippen LogP) is 1.60. The quantitative estimate of drug-likeness (QED) is 0.759. The Morgan fingerprint density at radius 3 is 2.29 bits per heavy atom. The number of halogens is 1. The van der Waals surface area contributed by atoms with Crippen molar-refractivity contribution in [1.82, 2.24) is 10.0 Å². The molecule has 0 aliphatic heterocycles. The summed E-state index contributed by atoms with van der Waals surface area (Å²) in [5.74, 6) is -0.874. The number of nitrogens with one attached hydrogen (secondary N) is 2. The second-order valence-electron chi connectivity index (χ2n) is 5.28. The molecule has 0 unspecified atom stereocenters. The highest BCUT2D eigenvalue weighted by molar-refractivity contribution is 7.89. The second kappa shape index (κ2) is 8.56. The highest BCUT2D eigenvalue weighted by atomic mass is 32.2. The highest BCUT2D eigenvalue weighted by Crippen LogP contribution is 2.02. The Morgan fingerprint density at radius 2 is 1.62 bits per heavy atom. The van der Waals surface area contributed by atoms with Crippen LogP contribution in [-0.2, 0) is 27.8 Å². The van der Waals surface area contributed by atoms with Gasteiger partial charge in [-0.05, 0) is 29.7 Å². The van der Waals surface area contributed by atoms with E-state index < -0.39 is 15.9 Å². The number of benzene rings is 2. The van der Waals surface area contributed by atoms with Crippen LogP contribution in [0.2, 0.25) is 0 Å². The van der Waals surface area contributed by atoms with E-state index in [9.17, 15) is 17.6 Å². The summed E-state index contributed by atoms with van der Waals surface area (Å²) in [7, 11) is -3.52. The molecular formula is C17H19FN2O3S. The van der Waals surface area contributed by atoms with Gasteiger partial charge in [-0.1, -0.05) is 42.5 Å². The Bertz CT molecular complexity index is 762. The van der Waals surface area contributed by atoms with E-state index >= 15 is 0 Å². The summed E-state index contributed by atoms with van der Waals surface area (Å²) in [6, 6.07) is 15.0. The maximum absolute atomic E-state index is 12.8. The van der Waals surface area contributed by atoms with Gasteiger partial charge in [0.2, 0.25) is 15.9 Å². The molecule has 0 saturated carbocycles. The first-order chi connectivity index (χ1) is 11.4. The molecule has 0 spiro atoms. The van der Waals surface area contributed by atoms with Gasteiger partial charge in [-0.2, -0.15) is 0 Å². The summed E-state index contributed by atoms with van der Waals surface area (Å²) in [4.78, 5) is 11.7. The third-order valence-electron chi connectivity index (χ3n) is 3.36. The van der Waals surface area contributed by atoms with Crippen LogP contribution in [0.15, 0.2) is 54.6 Å². The summed E-state index contributed by atoms with van der Waals surface area (Å²) >= 11 is 0. The van der Waals surface area contributed by atoms with Gasteiger partial charge >= 0.3 is 0 Å². The van der Waals surface area contributed by atoms with Crippen LogP contribution in [0.25, 0.3) is 0 Å². The third kappa shape index (κ3) is 6.47. The number of aryl methyl sites for hydroxylation is 1. The zero-order valence-electron chi connectivity index (χ0n) is 13.0.